The normalized spacial score (nSPS) is 19.4. The molecular weight excluding hydrogens is 895 g/mol. The highest BCUT2D eigenvalue weighted by Gasteiger charge is 2.51. The molecule has 348 valence electrons. The average Bonchev–Trinajstić information content (AvgIpc) is 4.14. The van der Waals surface area contributed by atoms with Gasteiger partial charge in [-0.25, -0.2) is 15.0 Å². The molecule has 6 heteroatoms. The molecule has 9 aromatic carbocycles. The van der Waals surface area contributed by atoms with Crippen molar-refractivity contribution in [1.29, 1.82) is 0 Å². The van der Waals surface area contributed by atoms with Crippen molar-refractivity contribution < 1.29 is 13.3 Å². The minimum atomic E-state index is 0.374. The lowest BCUT2D eigenvalue weighted by Gasteiger charge is -2.57. The van der Waals surface area contributed by atoms with E-state index >= 15 is 0 Å². The van der Waals surface area contributed by atoms with Crippen molar-refractivity contribution in [1.82, 2.24) is 15.0 Å². The first-order valence-corrected chi connectivity index (χ1v) is 25.9. The third kappa shape index (κ3) is 6.52. The van der Waals surface area contributed by atoms with Crippen LogP contribution in [-0.2, 0) is 5.41 Å². The van der Waals surface area contributed by atoms with Crippen LogP contribution in [0.1, 0.15) is 44.1 Å². The van der Waals surface area contributed by atoms with E-state index in [4.69, 9.17) is 28.2 Å². The van der Waals surface area contributed by atoms with Gasteiger partial charge in [-0.15, -0.1) is 0 Å². The van der Waals surface area contributed by atoms with Gasteiger partial charge in [0.05, 0.1) is 11.1 Å². The monoisotopic (exact) mass is 941 g/mol. The van der Waals surface area contributed by atoms with Crippen LogP contribution in [0, 0.1) is 17.8 Å². The third-order valence-electron chi connectivity index (χ3n) is 16.9. The van der Waals surface area contributed by atoms with Crippen molar-refractivity contribution >= 4 is 65.8 Å². The summed E-state index contributed by atoms with van der Waals surface area (Å²) in [5.74, 6) is 4.29. The molecule has 0 aliphatic heterocycles. The van der Waals surface area contributed by atoms with E-state index in [0.29, 0.717) is 22.9 Å². The Morgan fingerprint density at radius 3 is 1.38 bits per heavy atom. The molecule has 4 heterocycles. The van der Waals surface area contributed by atoms with E-state index in [-0.39, 0.29) is 0 Å². The molecule has 0 amide bonds. The number of rotatable bonds is 7. The molecule has 4 aliphatic carbocycles. The Balaban J connectivity index is 0.867. The molecule has 13 aromatic rings. The lowest BCUT2D eigenvalue weighted by molar-refractivity contribution is -0.00518. The quantitative estimate of drug-likeness (QED) is 0.158. The first-order chi connectivity index (χ1) is 36.0. The van der Waals surface area contributed by atoms with Gasteiger partial charge in [0.25, 0.3) is 0 Å². The number of para-hydroxylation sites is 5. The SMILES string of the molecule is c1ccc(-c2cc(-c3nc(-c4cccc5c4oc4ccccc45)nc(-c4cccc5c4oc4ccc(-c6ccc(C78CC9CC(CC(C9)C7)C8)cc6)cc45)n3)cc(-c3cccc4c3oc3ccccc34)c2)cc1. The van der Waals surface area contributed by atoms with Crippen LogP contribution in [0.2, 0.25) is 0 Å². The topological polar surface area (TPSA) is 78.1 Å². The molecule has 0 atom stereocenters. The summed E-state index contributed by atoms with van der Waals surface area (Å²) in [6.45, 7) is 0. The number of benzene rings is 9. The van der Waals surface area contributed by atoms with Gasteiger partial charge in [0, 0.05) is 43.4 Å². The molecule has 4 saturated carbocycles. The Bertz CT molecular complexity index is 4330. The Morgan fingerprint density at radius 2 is 0.767 bits per heavy atom. The zero-order chi connectivity index (χ0) is 47.8. The summed E-state index contributed by atoms with van der Waals surface area (Å²) in [6, 6.07) is 68.5. The molecule has 0 N–H and O–H groups in total. The Hall–Kier alpha value is -8.61. The number of hydrogen-bond donors (Lipinski definition) is 0. The number of hydrogen-bond acceptors (Lipinski definition) is 6. The lowest BCUT2D eigenvalue weighted by atomic mass is 9.48. The van der Waals surface area contributed by atoms with Crippen LogP contribution in [0.5, 0.6) is 0 Å². The highest BCUT2D eigenvalue weighted by atomic mass is 16.3. The minimum Gasteiger partial charge on any atom is -0.455 e. The van der Waals surface area contributed by atoms with E-state index in [1.165, 1.54) is 49.7 Å². The molecule has 0 saturated heterocycles. The summed E-state index contributed by atoms with van der Waals surface area (Å²) in [5.41, 5.74) is 15.6. The second kappa shape index (κ2) is 15.7. The summed E-state index contributed by atoms with van der Waals surface area (Å²) in [5, 5.41) is 6.26. The Kier molecular flexibility index (Phi) is 8.83. The van der Waals surface area contributed by atoms with Crippen molar-refractivity contribution in [3.05, 3.63) is 200 Å². The molecule has 4 aliphatic rings. The average molecular weight is 942 g/mol. The molecular formula is C67H47N3O3. The predicted molar refractivity (Wildman–Crippen MR) is 294 cm³/mol. The van der Waals surface area contributed by atoms with Gasteiger partial charge in [-0.2, -0.15) is 0 Å². The molecule has 4 aromatic heterocycles. The summed E-state index contributed by atoms with van der Waals surface area (Å²) < 4.78 is 20.1. The largest absolute Gasteiger partial charge is 0.455 e. The maximum atomic E-state index is 6.88. The van der Waals surface area contributed by atoms with Gasteiger partial charge in [-0.3, -0.25) is 0 Å². The Labute approximate surface area is 421 Å². The predicted octanol–water partition coefficient (Wildman–Crippen LogP) is 18.0. The highest BCUT2D eigenvalue weighted by molar-refractivity contribution is 6.12. The van der Waals surface area contributed by atoms with Crippen LogP contribution in [0.25, 0.3) is 133 Å². The third-order valence-corrected chi connectivity index (χ3v) is 16.9. The zero-order valence-electron chi connectivity index (χ0n) is 40.0. The standard InChI is InChI=1S/C67H47N3O3/c1-2-11-42(12-3-1)45-32-46(49-15-8-16-52-50-13-4-6-21-58(50)71-61(49)52)34-47(33-45)64-68-65(55-19-9-17-53-51-14-5-7-22-59(51)72-62(53)55)70-66(69-64)56-20-10-18-54-57-35-44(25-28-60(57)73-63(54)56)43-23-26-48(27-24-43)67-36-39-29-40(37-67)31-41(30-39)38-67/h1-28,32-35,39-41H,29-31,36-38H2. The van der Waals surface area contributed by atoms with Crippen molar-refractivity contribution in [2.75, 3.05) is 0 Å². The molecule has 4 bridgehead atoms. The van der Waals surface area contributed by atoms with Crippen LogP contribution >= 0.6 is 0 Å². The van der Waals surface area contributed by atoms with Crippen LogP contribution in [0.3, 0.4) is 0 Å². The maximum absolute atomic E-state index is 6.88. The van der Waals surface area contributed by atoms with Gasteiger partial charge in [-0.1, -0.05) is 140 Å². The summed E-state index contributed by atoms with van der Waals surface area (Å²) in [7, 11) is 0. The number of aromatic nitrogens is 3. The van der Waals surface area contributed by atoms with Crippen LogP contribution < -0.4 is 0 Å². The van der Waals surface area contributed by atoms with Crippen molar-refractivity contribution in [2.45, 2.75) is 43.9 Å². The molecule has 0 radical (unpaired) electrons. The van der Waals surface area contributed by atoms with E-state index < -0.39 is 0 Å². The lowest BCUT2D eigenvalue weighted by Crippen LogP contribution is -2.48. The number of nitrogens with zero attached hydrogens (tertiary/aromatic N) is 3. The van der Waals surface area contributed by atoms with Crippen molar-refractivity contribution in [3.63, 3.8) is 0 Å². The molecule has 73 heavy (non-hydrogen) atoms. The van der Waals surface area contributed by atoms with Gasteiger partial charge in [0.15, 0.2) is 17.5 Å². The van der Waals surface area contributed by atoms with E-state index in [0.717, 1.165) is 123 Å². The van der Waals surface area contributed by atoms with Crippen LogP contribution in [-0.4, -0.2) is 15.0 Å². The molecule has 4 fully saturated rings. The van der Waals surface area contributed by atoms with E-state index in [9.17, 15) is 0 Å². The smallest absolute Gasteiger partial charge is 0.167 e. The molecule has 0 unspecified atom stereocenters. The van der Waals surface area contributed by atoms with Crippen molar-refractivity contribution in [3.8, 4) is 67.5 Å². The van der Waals surface area contributed by atoms with Gasteiger partial charge < -0.3 is 13.3 Å². The first kappa shape index (κ1) is 41.1. The minimum absolute atomic E-state index is 0.374. The zero-order valence-corrected chi connectivity index (χ0v) is 40.0. The van der Waals surface area contributed by atoms with Gasteiger partial charge >= 0.3 is 0 Å². The molecule has 6 nitrogen and oxygen atoms in total. The fourth-order valence-corrected chi connectivity index (χ4v) is 14.0. The first-order valence-electron chi connectivity index (χ1n) is 25.9. The Morgan fingerprint density at radius 1 is 0.315 bits per heavy atom. The van der Waals surface area contributed by atoms with Gasteiger partial charge in [0.2, 0.25) is 0 Å². The fourth-order valence-electron chi connectivity index (χ4n) is 14.0. The van der Waals surface area contributed by atoms with E-state index in [2.05, 4.69) is 152 Å². The second-order valence-electron chi connectivity index (χ2n) is 21.3. The van der Waals surface area contributed by atoms with Gasteiger partial charge in [-0.05, 0) is 150 Å². The van der Waals surface area contributed by atoms with Gasteiger partial charge in [0.1, 0.15) is 33.5 Å². The highest BCUT2D eigenvalue weighted by Crippen LogP contribution is 2.61. The van der Waals surface area contributed by atoms with E-state index in [1.807, 2.05) is 42.5 Å². The van der Waals surface area contributed by atoms with Crippen LogP contribution in [0.4, 0.5) is 0 Å². The number of fused-ring (bicyclic) bond motifs is 9. The summed E-state index contributed by atoms with van der Waals surface area (Å²) in [6.07, 6.45) is 8.48. The molecule has 17 rings (SSSR count). The fraction of sp³-hybridized carbons (Fsp3) is 0.149. The summed E-state index contributed by atoms with van der Waals surface area (Å²) in [4.78, 5) is 16.1. The number of furan rings is 3. The maximum Gasteiger partial charge on any atom is 0.167 e. The summed E-state index contributed by atoms with van der Waals surface area (Å²) >= 11 is 0. The molecule has 0 spiro atoms. The van der Waals surface area contributed by atoms with E-state index in [1.54, 1.807) is 5.56 Å². The second-order valence-corrected chi connectivity index (χ2v) is 21.3. The van der Waals surface area contributed by atoms with Crippen molar-refractivity contribution in [2.24, 2.45) is 17.8 Å². The van der Waals surface area contributed by atoms with Crippen LogP contribution in [0.15, 0.2) is 207 Å².